The highest BCUT2D eigenvalue weighted by molar-refractivity contribution is 5.81. The van der Waals surface area contributed by atoms with Gasteiger partial charge in [0, 0.05) is 25.3 Å². The second kappa shape index (κ2) is 5.61. The molecule has 1 aromatic carbocycles. The molecule has 0 fully saturated rings. The van der Waals surface area contributed by atoms with E-state index >= 15 is 0 Å². The van der Waals surface area contributed by atoms with Crippen LogP contribution in [0.2, 0.25) is 0 Å². The van der Waals surface area contributed by atoms with Gasteiger partial charge in [-0.3, -0.25) is 9.69 Å². The Balaban J connectivity index is 1.96. The van der Waals surface area contributed by atoms with Crippen molar-refractivity contribution < 1.29 is 4.79 Å². The average molecular weight is 261 g/mol. The number of rotatable bonds is 4. The molecule has 3 N–H and O–H groups in total. The lowest BCUT2D eigenvalue weighted by Crippen LogP contribution is -2.43. The van der Waals surface area contributed by atoms with Crippen LogP contribution in [0.5, 0.6) is 0 Å². The van der Waals surface area contributed by atoms with Crippen LogP contribution >= 0.6 is 0 Å². The summed E-state index contributed by atoms with van der Waals surface area (Å²) < 4.78 is 0. The predicted octanol–water partition coefficient (Wildman–Crippen LogP) is 1.75. The molecular weight excluding hydrogens is 238 g/mol. The largest absolute Gasteiger partial charge is 0.399 e. The maximum atomic E-state index is 12.1. The van der Waals surface area contributed by atoms with Gasteiger partial charge in [0.1, 0.15) is 0 Å². The number of nitrogens with one attached hydrogen (secondary N) is 1. The molecular formula is C15H23N3O. The third-order valence-corrected chi connectivity index (χ3v) is 3.59. The third-order valence-electron chi connectivity index (χ3n) is 3.59. The first-order chi connectivity index (χ1) is 8.97. The molecule has 4 heteroatoms. The van der Waals surface area contributed by atoms with E-state index < -0.39 is 0 Å². The summed E-state index contributed by atoms with van der Waals surface area (Å²) in [6.45, 7) is 8.52. The maximum Gasteiger partial charge on any atom is 0.237 e. The van der Waals surface area contributed by atoms with Crippen LogP contribution in [-0.4, -0.2) is 23.4 Å². The van der Waals surface area contributed by atoms with Gasteiger partial charge in [0.05, 0.1) is 6.04 Å². The van der Waals surface area contributed by atoms with Gasteiger partial charge in [0.2, 0.25) is 5.91 Å². The van der Waals surface area contributed by atoms with E-state index in [9.17, 15) is 4.79 Å². The predicted molar refractivity (Wildman–Crippen MR) is 77.4 cm³/mol. The van der Waals surface area contributed by atoms with Crippen molar-refractivity contribution in [2.75, 3.05) is 12.3 Å². The van der Waals surface area contributed by atoms with Crippen LogP contribution in [0.3, 0.4) is 0 Å². The molecule has 0 aliphatic carbocycles. The Kier molecular flexibility index (Phi) is 4.10. The van der Waals surface area contributed by atoms with Gasteiger partial charge in [-0.15, -0.1) is 0 Å². The van der Waals surface area contributed by atoms with Crippen molar-refractivity contribution in [2.45, 2.75) is 39.9 Å². The summed E-state index contributed by atoms with van der Waals surface area (Å²) in [7, 11) is 0. The number of nitrogens with two attached hydrogens (primary N) is 1. The molecule has 2 rings (SSSR count). The lowest BCUT2D eigenvalue weighted by Gasteiger charge is -2.23. The Morgan fingerprint density at radius 3 is 2.68 bits per heavy atom. The normalized spacial score (nSPS) is 16.4. The first-order valence-corrected chi connectivity index (χ1v) is 6.86. The average Bonchev–Trinajstić information content (AvgIpc) is 2.77. The zero-order chi connectivity index (χ0) is 14.0. The highest BCUT2D eigenvalue weighted by atomic mass is 16.2. The van der Waals surface area contributed by atoms with E-state index in [1.165, 1.54) is 11.1 Å². The van der Waals surface area contributed by atoms with Crippen LogP contribution in [0.1, 0.15) is 31.9 Å². The van der Waals surface area contributed by atoms with Gasteiger partial charge in [0.15, 0.2) is 0 Å². The summed E-state index contributed by atoms with van der Waals surface area (Å²) in [5.41, 5.74) is 9.10. The molecule has 0 saturated heterocycles. The number of nitrogens with zero attached hydrogens (tertiary/aromatic N) is 1. The second-order valence-corrected chi connectivity index (χ2v) is 5.75. The zero-order valence-electron chi connectivity index (χ0n) is 11.9. The SMILES string of the molecule is CC(C)CNC(=O)C(C)N1Cc2ccc(N)cc2C1. The van der Waals surface area contributed by atoms with Crippen LogP contribution in [0.25, 0.3) is 0 Å². The zero-order valence-corrected chi connectivity index (χ0v) is 11.9. The van der Waals surface area contributed by atoms with Crippen molar-refractivity contribution >= 4 is 11.6 Å². The van der Waals surface area contributed by atoms with E-state index in [4.69, 9.17) is 5.73 Å². The smallest absolute Gasteiger partial charge is 0.237 e. The quantitative estimate of drug-likeness (QED) is 0.812. The minimum atomic E-state index is -0.104. The van der Waals surface area contributed by atoms with E-state index in [1.807, 2.05) is 19.1 Å². The number of carbonyl (C=O) groups is 1. The van der Waals surface area contributed by atoms with Gasteiger partial charge >= 0.3 is 0 Å². The molecule has 1 aromatic rings. The van der Waals surface area contributed by atoms with Crippen molar-refractivity contribution in [1.82, 2.24) is 10.2 Å². The number of nitrogen functional groups attached to an aromatic ring is 1. The van der Waals surface area contributed by atoms with Gasteiger partial charge in [-0.1, -0.05) is 19.9 Å². The van der Waals surface area contributed by atoms with E-state index in [0.717, 1.165) is 25.3 Å². The summed E-state index contributed by atoms with van der Waals surface area (Å²) in [6.07, 6.45) is 0. The molecule has 0 radical (unpaired) electrons. The summed E-state index contributed by atoms with van der Waals surface area (Å²) in [5, 5.41) is 2.99. The van der Waals surface area contributed by atoms with Crippen molar-refractivity contribution in [2.24, 2.45) is 5.92 Å². The number of carbonyl (C=O) groups excluding carboxylic acids is 1. The fourth-order valence-electron chi connectivity index (χ4n) is 2.33. The maximum absolute atomic E-state index is 12.1. The van der Waals surface area contributed by atoms with Crippen LogP contribution in [-0.2, 0) is 17.9 Å². The minimum absolute atomic E-state index is 0.104. The number of amides is 1. The Morgan fingerprint density at radius 1 is 1.32 bits per heavy atom. The van der Waals surface area contributed by atoms with Gasteiger partial charge < -0.3 is 11.1 Å². The topological polar surface area (TPSA) is 58.4 Å². The second-order valence-electron chi connectivity index (χ2n) is 5.75. The number of anilines is 1. The molecule has 1 amide bonds. The highest BCUT2D eigenvalue weighted by Gasteiger charge is 2.27. The van der Waals surface area contributed by atoms with Gasteiger partial charge in [-0.2, -0.15) is 0 Å². The van der Waals surface area contributed by atoms with Crippen LogP contribution in [0.15, 0.2) is 18.2 Å². The standard InChI is InChI=1S/C15H23N3O/c1-10(2)7-17-15(19)11(3)18-8-12-4-5-14(16)6-13(12)9-18/h4-6,10-11H,7-9,16H2,1-3H3,(H,17,19). The number of benzene rings is 1. The van der Waals surface area contributed by atoms with Crippen LogP contribution in [0, 0.1) is 5.92 Å². The van der Waals surface area contributed by atoms with Crippen molar-refractivity contribution in [3.8, 4) is 0 Å². The van der Waals surface area contributed by atoms with Crippen LogP contribution in [0.4, 0.5) is 5.69 Å². The number of fused-ring (bicyclic) bond motifs is 1. The Bertz CT molecular complexity index is 470. The van der Waals surface area contributed by atoms with E-state index in [-0.39, 0.29) is 11.9 Å². The third kappa shape index (κ3) is 3.26. The Morgan fingerprint density at radius 2 is 2.00 bits per heavy atom. The molecule has 1 atom stereocenters. The van der Waals surface area contributed by atoms with Crippen molar-refractivity contribution in [3.05, 3.63) is 29.3 Å². The molecule has 1 aliphatic heterocycles. The van der Waals surface area contributed by atoms with E-state index in [1.54, 1.807) is 0 Å². The Hall–Kier alpha value is -1.55. The van der Waals surface area contributed by atoms with Gasteiger partial charge in [-0.25, -0.2) is 0 Å². The monoisotopic (exact) mass is 261 g/mol. The molecule has 0 bridgehead atoms. The molecule has 0 saturated carbocycles. The van der Waals surface area contributed by atoms with Gasteiger partial charge in [-0.05, 0) is 36.1 Å². The van der Waals surface area contributed by atoms with E-state index in [2.05, 4.69) is 30.1 Å². The van der Waals surface area contributed by atoms with Crippen molar-refractivity contribution in [1.29, 1.82) is 0 Å². The molecule has 1 heterocycles. The lowest BCUT2D eigenvalue weighted by atomic mass is 10.1. The highest BCUT2D eigenvalue weighted by Crippen LogP contribution is 2.26. The van der Waals surface area contributed by atoms with Crippen molar-refractivity contribution in [3.63, 3.8) is 0 Å². The van der Waals surface area contributed by atoms with Gasteiger partial charge in [0.25, 0.3) is 0 Å². The molecule has 19 heavy (non-hydrogen) atoms. The van der Waals surface area contributed by atoms with Crippen LogP contribution < -0.4 is 11.1 Å². The van der Waals surface area contributed by atoms with E-state index in [0.29, 0.717) is 5.92 Å². The molecule has 1 unspecified atom stereocenters. The molecule has 104 valence electrons. The number of hydrogen-bond donors (Lipinski definition) is 2. The molecule has 0 spiro atoms. The summed E-state index contributed by atoms with van der Waals surface area (Å²) in [5.74, 6) is 0.584. The number of hydrogen-bond acceptors (Lipinski definition) is 3. The fourth-order valence-corrected chi connectivity index (χ4v) is 2.33. The summed E-state index contributed by atoms with van der Waals surface area (Å²) in [6, 6.07) is 5.89. The summed E-state index contributed by atoms with van der Waals surface area (Å²) in [4.78, 5) is 14.3. The molecule has 1 aliphatic rings. The summed E-state index contributed by atoms with van der Waals surface area (Å²) >= 11 is 0. The first-order valence-electron chi connectivity index (χ1n) is 6.86. The first kappa shape index (κ1) is 13.9. The molecule has 0 aromatic heterocycles. The molecule has 4 nitrogen and oxygen atoms in total. The lowest BCUT2D eigenvalue weighted by molar-refractivity contribution is -0.126. The minimum Gasteiger partial charge on any atom is -0.399 e. The fraction of sp³-hybridized carbons (Fsp3) is 0.533. The Labute approximate surface area is 115 Å².